The molecule has 16 heavy (non-hydrogen) atoms. The summed E-state index contributed by atoms with van der Waals surface area (Å²) in [6.07, 6.45) is 2.79. The summed E-state index contributed by atoms with van der Waals surface area (Å²) in [6.45, 7) is 0. The Morgan fingerprint density at radius 1 is 1.38 bits per heavy atom. The molecule has 1 saturated carbocycles. The number of benzene rings is 1. The van der Waals surface area contributed by atoms with Crippen molar-refractivity contribution in [3.63, 3.8) is 0 Å². The van der Waals surface area contributed by atoms with Gasteiger partial charge in [0, 0.05) is 18.0 Å². The van der Waals surface area contributed by atoms with E-state index >= 15 is 0 Å². The highest BCUT2D eigenvalue weighted by atomic mass is 32.1. The van der Waals surface area contributed by atoms with Crippen LogP contribution < -0.4 is 11.1 Å². The second kappa shape index (κ2) is 4.61. The van der Waals surface area contributed by atoms with E-state index < -0.39 is 0 Å². The minimum Gasteiger partial charge on any atom is -0.393 e. The van der Waals surface area contributed by atoms with Crippen LogP contribution in [0.5, 0.6) is 0 Å². The van der Waals surface area contributed by atoms with Gasteiger partial charge in [-0.3, -0.25) is 4.79 Å². The van der Waals surface area contributed by atoms with Gasteiger partial charge in [0.05, 0.1) is 4.99 Å². The van der Waals surface area contributed by atoms with Crippen molar-refractivity contribution in [3.8, 4) is 0 Å². The quantitative estimate of drug-likeness (QED) is 0.774. The lowest BCUT2D eigenvalue weighted by atomic mass is 10.1. The van der Waals surface area contributed by atoms with Crippen LogP contribution in [0.4, 0.5) is 0 Å². The second-order valence-corrected chi connectivity index (χ2v) is 4.61. The molecule has 0 atom stereocenters. The molecule has 1 aromatic carbocycles. The molecule has 3 nitrogen and oxygen atoms in total. The fourth-order valence-corrected chi connectivity index (χ4v) is 1.64. The Balaban J connectivity index is 2.00. The van der Waals surface area contributed by atoms with Crippen molar-refractivity contribution in [3.05, 3.63) is 35.4 Å². The summed E-state index contributed by atoms with van der Waals surface area (Å²) in [6, 6.07) is 7.79. The molecule has 0 radical (unpaired) electrons. The predicted octanol–water partition coefficient (Wildman–Crippen LogP) is 1.41. The maximum Gasteiger partial charge on any atom is 0.251 e. The monoisotopic (exact) mass is 234 g/mol. The molecule has 0 spiro atoms. The summed E-state index contributed by atoms with van der Waals surface area (Å²) in [7, 11) is 0. The summed E-state index contributed by atoms with van der Waals surface area (Å²) in [5, 5.41) is 2.94. The lowest BCUT2D eigenvalue weighted by Gasteiger charge is -2.04. The molecule has 0 unspecified atom stereocenters. The van der Waals surface area contributed by atoms with E-state index in [0.29, 0.717) is 23.0 Å². The van der Waals surface area contributed by atoms with Gasteiger partial charge in [0.1, 0.15) is 0 Å². The molecule has 1 aliphatic carbocycles. The minimum atomic E-state index is 0.00405. The number of rotatable bonds is 4. The smallest absolute Gasteiger partial charge is 0.251 e. The molecule has 2 rings (SSSR count). The van der Waals surface area contributed by atoms with Crippen LogP contribution in [-0.2, 0) is 6.42 Å². The molecule has 1 amide bonds. The summed E-state index contributed by atoms with van der Waals surface area (Å²) in [5.41, 5.74) is 7.18. The van der Waals surface area contributed by atoms with Gasteiger partial charge in [-0.05, 0) is 30.5 Å². The zero-order chi connectivity index (χ0) is 11.5. The summed E-state index contributed by atoms with van der Waals surface area (Å²) < 4.78 is 0. The lowest BCUT2D eigenvalue weighted by molar-refractivity contribution is 0.0951. The standard InChI is InChI=1S/C12H14N2OS/c13-11(16)7-8-1-3-9(4-2-8)12(15)14-10-5-6-10/h1-4,10H,5-7H2,(H2,13,16)(H,14,15). The first-order valence-corrected chi connectivity index (χ1v) is 5.74. The van der Waals surface area contributed by atoms with Crippen LogP contribution in [-0.4, -0.2) is 16.9 Å². The number of nitrogens with one attached hydrogen (secondary N) is 1. The Hall–Kier alpha value is -1.42. The Morgan fingerprint density at radius 2 is 2.00 bits per heavy atom. The third-order valence-electron chi connectivity index (χ3n) is 2.51. The van der Waals surface area contributed by atoms with Crippen molar-refractivity contribution >= 4 is 23.1 Å². The lowest BCUT2D eigenvalue weighted by Crippen LogP contribution is -2.25. The van der Waals surface area contributed by atoms with Crippen LogP contribution in [0, 0.1) is 0 Å². The van der Waals surface area contributed by atoms with Crippen LogP contribution in [0.3, 0.4) is 0 Å². The topological polar surface area (TPSA) is 55.1 Å². The van der Waals surface area contributed by atoms with E-state index in [1.54, 1.807) is 0 Å². The Labute approximate surface area is 100 Å². The predicted molar refractivity (Wildman–Crippen MR) is 67.4 cm³/mol. The number of carbonyl (C=O) groups excluding carboxylic acids is 1. The van der Waals surface area contributed by atoms with Gasteiger partial charge in [-0.25, -0.2) is 0 Å². The molecule has 0 aromatic heterocycles. The summed E-state index contributed by atoms with van der Waals surface area (Å²) >= 11 is 4.83. The third kappa shape index (κ3) is 3.03. The van der Waals surface area contributed by atoms with E-state index in [-0.39, 0.29) is 5.91 Å². The number of hydrogen-bond acceptors (Lipinski definition) is 2. The van der Waals surface area contributed by atoms with Crippen molar-refractivity contribution in [2.75, 3.05) is 0 Å². The van der Waals surface area contributed by atoms with Crippen LogP contribution in [0.2, 0.25) is 0 Å². The van der Waals surface area contributed by atoms with Crippen LogP contribution >= 0.6 is 12.2 Å². The number of thiocarbonyl (C=S) groups is 1. The molecule has 84 valence electrons. The molecule has 0 heterocycles. The number of nitrogens with two attached hydrogens (primary N) is 1. The molecule has 0 bridgehead atoms. The minimum absolute atomic E-state index is 0.00405. The third-order valence-corrected chi connectivity index (χ3v) is 2.65. The van der Waals surface area contributed by atoms with Gasteiger partial charge in [-0.2, -0.15) is 0 Å². The second-order valence-electron chi connectivity index (χ2n) is 4.09. The zero-order valence-electron chi connectivity index (χ0n) is 8.90. The number of amides is 1. The maximum absolute atomic E-state index is 11.7. The van der Waals surface area contributed by atoms with Gasteiger partial charge < -0.3 is 11.1 Å². The molecular weight excluding hydrogens is 220 g/mol. The van der Waals surface area contributed by atoms with E-state index in [1.807, 2.05) is 24.3 Å². The van der Waals surface area contributed by atoms with Gasteiger partial charge in [0.25, 0.3) is 5.91 Å². The Morgan fingerprint density at radius 3 is 2.50 bits per heavy atom. The normalized spacial score (nSPS) is 14.5. The van der Waals surface area contributed by atoms with E-state index in [0.717, 1.165) is 18.4 Å². The van der Waals surface area contributed by atoms with Crippen molar-refractivity contribution in [2.24, 2.45) is 5.73 Å². The van der Waals surface area contributed by atoms with Crippen molar-refractivity contribution < 1.29 is 4.79 Å². The van der Waals surface area contributed by atoms with Crippen molar-refractivity contribution in [1.82, 2.24) is 5.32 Å². The maximum atomic E-state index is 11.7. The number of hydrogen-bond donors (Lipinski definition) is 2. The van der Waals surface area contributed by atoms with Crippen molar-refractivity contribution in [2.45, 2.75) is 25.3 Å². The summed E-state index contributed by atoms with van der Waals surface area (Å²) in [4.78, 5) is 12.1. The Kier molecular flexibility index (Phi) is 3.19. The highest BCUT2D eigenvalue weighted by Gasteiger charge is 2.23. The van der Waals surface area contributed by atoms with Gasteiger partial charge in [-0.15, -0.1) is 0 Å². The van der Waals surface area contributed by atoms with Crippen LogP contribution in [0.25, 0.3) is 0 Å². The van der Waals surface area contributed by atoms with Gasteiger partial charge in [0.15, 0.2) is 0 Å². The molecule has 1 aromatic rings. The fraction of sp³-hybridized carbons (Fsp3) is 0.333. The molecule has 0 saturated heterocycles. The van der Waals surface area contributed by atoms with E-state index in [1.165, 1.54) is 0 Å². The average Bonchev–Trinajstić information content (AvgIpc) is 3.01. The summed E-state index contributed by atoms with van der Waals surface area (Å²) in [5.74, 6) is 0.00405. The Bertz CT molecular complexity index is 410. The number of carbonyl (C=O) groups is 1. The first kappa shape index (κ1) is 11.1. The molecule has 1 fully saturated rings. The molecule has 1 aliphatic rings. The molecule has 4 heteroatoms. The first-order chi connectivity index (χ1) is 7.65. The fourth-order valence-electron chi connectivity index (χ4n) is 1.47. The van der Waals surface area contributed by atoms with E-state index in [9.17, 15) is 4.79 Å². The van der Waals surface area contributed by atoms with Gasteiger partial charge >= 0.3 is 0 Å². The molecule has 0 aliphatic heterocycles. The molecular formula is C12H14N2OS. The van der Waals surface area contributed by atoms with Gasteiger partial charge in [0.2, 0.25) is 0 Å². The largest absolute Gasteiger partial charge is 0.393 e. The van der Waals surface area contributed by atoms with Gasteiger partial charge in [-0.1, -0.05) is 24.4 Å². The average molecular weight is 234 g/mol. The SMILES string of the molecule is NC(=S)Cc1ccc(C(=O)NC2CC2)cc1. The zero-order valence-corrected chi connectivity index (χ0v) is 9.72. The van der Waals surface area contributed by atoms with Crippen LogP contribution in [0.15, 0.2) is 24.3 Å². The van der Waals surface area contributed by atoms with Crippen LogP contribution in [0.1, 0.15) is 28.8 Å². The van der Waals surface area contributed by atoms with Crippen molar-refractivity contribution in [1.29, 1.82) is 0 Å². The first-order valence-electron chi connectivity index (χ1n) is 5.33. The highest BCUT2D eigenvalue weighted by molar-refractivity contribution is 7.80. The van der Waals surface area contributed by atoms with E-state index in [4.69, 9.17) is 18.0 Å². The highest BCUT2D eigenvalue weighted by Crippen LogP contribution is 2.19. The van der Waals surface area contributed by atoms with E-state index in [2.05, 4.69) is 5.32 Å². The molecule has 3 N–H and O–H groups in total.